The van der Waals surface area contributed by atoms with Crippen LogP contribution < -0.4 is 16.0 Å². The number of alkyl carbamates (subject to hydrolysis) is 1. The number of carbonyl (C=O) groups is 1. The molecule has 1 atom stereocenters. The van der Waals surface area contributed by atoms with Crippen LogP contribution in [-0.4, -0.2) is 37.4 Å². The zero-order valence-corrected chi connectivity index (χ0v) is 7.53. The Morgan fingerprint density at radius 2 is 2.67 bits per heavy atom. The van der Waals surface area contributed by atoms with E-state index in [0.717, 1.165) is 0 Å². The van der Waals surface area contributed by atoms with Crippen molar-refractivity contribution in [2.45, 2.75) is 6.10 Å². The fourth-order valence-electron chi connectivity index (χ4n) is 0.841. The van der Waals surface area contributed by atoms with Crippen LogP contribution in [0, 0.1) is 0 Å². The second kappa shape index (κ2) is 4.10. The van der Waals surface area contributed by atoms with Gasteiger partial charge >= 0.3 is 6.09 Å². The van der Waals surface area contributed by atoms with Gasteiger partial charge in [0.15, 0.2) is 5.11 Å². The fourth-order valence-corrected chi connectivity index (χ4v) is 0.924. The number of amides is 1. The van der Waals surface area contributed by atoms with Crippen molar-refractivity contribution in [3.05, 3.63) is 0 Å². The molecule has 0 radical (unpaired) electrons. The van der Waals surface area contributed by atoms with E-state index in [-0.39, 0.29) is 12.2 Å². The molecular weight excluding hydrogens is 178 g/mol. The van der Waals surface area contributed by atoms with Crippen LogP contribution in [0.5, 0.6) is 0 Å². The van der Waals surface area contributed by atoms with E-state index < -0.39 is 0 Å². The van der Waals surface area contributed by atoms with E-state index in [0.29, 0.717) is 18.2 Å². The first kappa shape index (κ1) is 9.05. The van der Waals surface area contributed by atoms with Gasteiger partial charge in [0.1, 0.15) is 6.10 Å². The summed E-state index contributed by atoms with van der Waals surface area (Å²) >= 11 is 4.84. The summed E-state index contributed by atoms with van der Waals surface area (Å²) in [5.41, 5.74) is 0. The Balaban J connectivity index is 2.16. The highest BCUT2D eigenvalue weighted by molar-refractivity contribution is 7.80. The first-order valence-corrected chi connectivity index (χ1v) is 4.03. The Morgan fingerprint density at radius 3 is 3.17 bits per heavy atom. The number of rotatable bonds is 2. The number of ether oxygens (including phenoxy) is 1. The molecule has 5 nitrogen and oxygen atoms in total. The van der Waals surface area contributed by atoms with Crippen molar-refractivity contribution in [2.75, 3.05) is 20.1 Å². The Labute approximate surface area is 75.8 Å². The maximum Gasteiger partial charge on any atom is 0.407 e. The predicted molar refractivity (Wildman–Crippen MR) is 47.9 cm³/mol. The minimum absolute atomic E-state index is 0.121. The first-order valence-electron chi connectivity index (χ1n) is 3.62. The molecule has 1 fully saturated rings. The monoisotopic (exact) mass is 189 g/mol. The minimum Gasteiger partial charge on any atom is -0.442 e. The van der Waals surface area contributed by atoms with Gasteiger partial charge in [0.05, 0.1) is 13.1 Å². The molecule has 3 N–H and O–H groups in total. The highest BCUT2D eigenvalue weighted by atomic mass is 32.1. The van der Waals surface area contributed by atoms with Crippen LogP contribution in [0.15, 0.2) is 0 Å². The van der Waals surface area contributed by atoms with Crippen LogP contribution >= 0.6 is 12.2 Å². The van der Waals surface area contributed by atoms with E-state index in [2.05, 4.69) is 16.0 Å². The van der Waals surface area contributed by atoms with Gasteiger partial charge < -0.3 is 20.7 Å². The fraction of sp³-hybridized carbons (Fsp3) is 0.667. The molecule has 1 amide bonds. The molecule has 0 aliphatic carbocycles. The molecular formula is C6H11N3O2S. The molecule has 1 unspecified atom stereocenters. The van der Waals surface area contributed by atoms with Crippen LogP contribution in [0.4, 0.5) is 4.79 Å². The normalized spacial score (nSPS) is 21.1. The zero-order chi connectivity index (χ0) is 8.97. The van der Waals surface area contributed by atoms with Crippen LogP contribution in [0.25, 0.3) is 0 Å². The predicted octanol–water partition coefficient (Wildman–Crippen LogP) is -0.811. The molecule has 1 heterocycles. The third-order valence-corrected chi connectivity index (χ3v) is 1.81. The van der Waals surface area contributed by atoms with E-state index in [1.54, 1.807) is 7.05 Å². The molecule has 0 saturated carbocycles. The third kappa shape index (κ3) is 2.54. The summed E-state index contributed by atoms with van der Waals surface area (Å²) in [6, 6.07) is 0. The van der Waals surface area contributed by atoms with E-state index in [1.807, 2.05) is 0 Å². The Hall–Kier alpha value is -1.04. The molecule has 12 heavy (non-hydrogen) atoms. The Bertz CT molecular complexity index is 197. The molecule has 0 aromatic rings. The van der Waals surface area contributed by atoms with Crippen LogP contribution in [0.2, 0.25) is 0 Å². The number of thiocarbonyl (C=S) groups is 1. The molecule has 1 aliphatic rings. The summed E-state index contributed by atoms with van der Waals surface area (Å²) < 4.78 is 4.86. The van der Waals surface area contributed by atoms with Gasteiger partial charge in [-0.2, -0.15) is 0 Å². The van der Waals surface area contributed by atoms with Crippen LogP contribution in [0.3, 0.4) is 0 Å². The van der Waals surface area contributed by atoms with E-state index in [9.17, 15) is 4.79 Å². The molecule has 1 rings (SSSR count). The Morgan fingerprint density at radius 1 is 1.92 bits per heavy atom. The smallest absolute Gasteiger partial charge is 0.407 e. The molecule has 0 aromatic carbocycles. The van der Waals surface area contributed by atoms with Gasteiger partial charge in [-0.15, -0.1) is 0 Å². The van der Waals surface area contributed by atoms with Gasteiger partial charge in [0.2, 0.25) is 0 Å². The average Bonchev–Trinajstić information content (AvgIpc) is 2.47. The molecule has 0 bridgehead atoms. The molecule has 0 aromatic heterocycles. The van der Waals surface area contributed by atoms with E-state index in [4.69, 9.17) is 17.0 Å². The summed E-state index contributed by atoms with van der Waals surface area (Å²) in [7, 11) is 1.73. The first-order chi connectivity index (χ1) is 5.72. The Kier molecular flexibility index (Phi) is 3.09. The summed E-state index contributed by atoms with van der Waals surface area (Å²) in [6.45, 7) is 1.08. The lowest BCUT2D eigenvalue weighted by molar-refractivity contribution is 0.141. The van der Waals surface area contributed by atoms with Crippen LogP contribution in [0.1, 0.15) is 0 Å². The molecule has 1 aliphatic heterocycles. The third-order valence-electron chi connectivity index (χ3n) is 1.47. The lowest BCUT2D eigenvalue weighted by atomic mass is 10.4. The van der Waals surface area contributed by atoms with Crippen molar-refractivity contribution in [1.82, 2.24) is 16.0 Å². The van der Waals surface area contributed by atoms with Gasteiger partial charge in [0, 0.05) is 7.05 Å². The highest BCUT2D eigenvalue weighted by Gasteiger charge is 2.21. The van der Waals surface area contributed by atoms with Crippen molar-refractivity contribution in [1.29, 1.82) is 0 Å². The number of hydrogen-bond acceptors (Lipinski definition) is 3. The van der Waals surface area contributed by atoms with E-state index >= 15 is 0 Å². The van der Waals surface area contributed by atoms with Gasteiger partial charge in [-0.3, -0.25) is 0 Å². The molecule has 0 spiro atoms. The summed E-state index contributed by atoms with van der Waals surface area (Å²) in [4.78, 5) is 10.6. The number of carbonyl (C=O) groups excluding carboxylic acids is 1. The standard InChI is InChI=1S/C6H11N3O2S/c1-7-5(12)8-2-4-3-9-6(10)11-4/h4H,2-3H2,1H3,(H,9,10)(H2,7,8,12). The lowest BCUT2D eigenvalue weighted by Crippen LogP contribution is -2.38. The van der Waals surface area contributed by atoms with Crippen molar-refractivity contribution in [2.24, 2.45) is 0 Å². The molecule has 1 saturated heterocycles. The number of cyclic esters (lactones) is 1. The van der Waals surface area contributed by atoms with Crippen molar-refractivity contribution in [3.63, 3.8) is 0 Å². The zero-order valence-electron chi connectivity index (χ0n) is 6.72. The lowest BCUT2D eigenvalue weighted by Gasteiger charge is -2.10. The quantitative estimate of drug-likeness (QED) is 0.496. The molecule has 6 heteroatoms. The summed E-state index contributed by atoms with van der Waals surface area (Å²) in [6.07, 6.45) is -0.485. The average molecular weight is 189 g/mol. The largest absolute Gasteiger partial charge is 0.442 e. The van der Waals surface area contributed by atoms with Crippen molar-refractivity contribution >= 4 is 23.4 Å². The van der Waals surface area contributed by atoms with Crippen molar-refractivity contribution < 1.29 is 9.53 Å². The van der Waals surface area contributed by atoms with Gasteiger partial charge in [-0.1, -0.05) is 0 Å². The van der Waals surface area contributed by atoms with Gasteiger partial charge in [0.25, 0.3) is 0 Å². The SMILES string of the molecule is CNC(=S)NCC1CNC(=O)O1. The van der Waals surface area contributed by atoms with E-state index in [1.165, 1.54) is 0 Å². The molecule has 68 valence electrons. The number of nitrogens with one attached hydrogen (secondary N) is 3. The highest BCUT2D eigenvalue weighted by Crippen LogP contribution is 1.97. The summed E-state index contributed by atoms with van der Waals surface area (Å²) in [5, 5.41) is 8.76. The van der Waals surface area contributed by atoms with Gasteiger partial charge in [-0.25, -0.2) is 4.79 Å². The maximum absolute atomic E-state index is 10.6. The second-order valence-electron chi connectivity index (χ2n) is 2.37. The topological polar surface area (TPSA) is 62.4 Å². The second-order valence-corrected chi connectivity index (χ2v) is 2.78. The van der Waals surface area contributed by atoms with Crippen LogP contribution in [-0.2, 0) is 4.74 Å². The van der Waals surface area contributed by atoms with Gasteiger partial charge in [-0.05, 0) is 12.2 Å². The van der Waals surface area contributed by atoms with Crippen molar-refractivity contribution in [3.8, 4) is 0 Å². The maximum atomic E-state index is 10.6. The minimum atomic E-state index is -0.364. The number of hydrogen-bond donors (Lipinski definition) is 3. The summed E-state index contributed by atoms with van der Waals surface area (Å²) in [5.74, 6) is 0.